The highest BCUT2D eigenvalue weighted by Crippen LogP contribution is 2.28. The lowest BCUT2D eigenvalue weighted by Gasteiger charge is -2.22. The number of hydrogen-bond acceptors (Lipinski definition) is 1. The SMILES string of the molecule is Fc1ccc(C2CCOCC2)c(F)c1. The first-order valence-corrected chi connectivity index (χ1v) is 4.80. The lowest BCUT2D eigenvalue weighted by Crippen LogP contribution is -2.15. The van der Waals surface area contributed by atoms with Gasteiger partial charge in [0.05, 0.1) is 0 Å². The van der Waals surface area contributed by atoms with Crippen molar-refractivity contribution in [2.45, 2.75) is 18.8 Å². The summed E-state index contributed by atoms with van der Waals surface area (Å²) in [6.07, 6.45) is 1.64. The van der Waals surface area contributed by atoms with Crippen LogP contribution in [0.3, 0.4) is 0 Å². The first kappa shape index (κ1) is 9.59. The topological polar surface area (TPSA) is 9.23 Å². The molecular weight excluding hydrogens is 186 g/mol. The molecule has 1 aromatic carbocycles. The van der Waals surface area contributed by atoms with Gasteiger partial charge in [0, 0.05) is 19.3 Å². The Bertz CT molecular complexity index is 319. The third kappa shape index (κ3) is 1.93. The minimum atomic E-state index is -0.515. The van der Waals surface area contributed by atoms with Crippen LogP contribution in [0.15, 0.2) is 18.2 Å². The third-order valence-corrected chi connectivity index (χ3v) is 2.62. The van der Waals surface area contributed by atoms with E-state index in [1.165, 1.54) is 6.07 Å². The van der Waals surface area contributed by atoms with Crippen LogP contribution >= 0.6 is 0 Å². The van der Waals surface area contributed by atoms with E-state index in [9.17, 15) is 8.78 Å². The Balaban J connectivity index is 2.22. The maximum absolute atomic E-state index is 13.4. The van der Waals surface area contributed by atoms with E-state index in [0.29, 0.717) is 18.8 Å². The molecule has 0 bridgehead atoms. The lowest BCUT2D eigenvalue weighted by molar-refractivity contribution is 0.0846. The number of halogens is 2. The summed E-state index contributed by atoms with van der Waals surface area (Å²) < 4.78 is 31.2. The molecule has 3 heteroatoms. The maximum Gasteiger partial charge on any atom is 0.129 e. The molecule has 0 amide bonds. The normalized spacial score (nSPS) is 18.4. The first-order valence-electron chi connectivity index (χ1n) is 4.80. The lowest BCUT2D eigenvalue weighted by atomic mass is 9.91. The van der Waals surface area contributed by atoms with Crippen LogP contribution in [0.4, 0.5) is 8.78 Å². The standard InChI is InChI=1S/C11H12F2O/c12-9-1-2-10(11(13)7-9)8-3-5-14-6-4-8/h1-2,7-8H,3-6H2. The molecule has 0 spiro atoms. The van der Waals surface area contributed by atoms with Crippen LogP contribution in [0, 0.1) is 11.6 Å². The van der Waals surface area contributed by atoms with Gasteiger partial charge in [0.25, 0.3) is 0 Å². The van der Waals surface area contributed by atoms with Gasteiger partial charge in [0.1, 0.15) is 11.6 Å². The van der Waals surface area contributed by atoms with Gasteiger partial charge in [-0.1, -0.05) is 6.07 Å². The van der Waals surface area contributed by atoms with Crippen LogP contribution in [0.5, 0.6) is 0 Å². The van der Waals surface area contributed by atoms with Gasteiger partial charge in [-0.15, -0.1) is 0 Å². The van der Waals surface area contributed by atoms with Crippen LogP contribution in [0.1, 0.15) is 24.3 Å². The molecule has 0 unspecified atom stereocenters. The van der Waals surface area contributed by atoms with Crippen molar-refractivity contribution < 1.29 is 13.5 Å². The maximum atomic E-state index is 13.4. The zero-order chi connectivity index (χ0) is 9.97. The summed E-state index contributed by atoms with van der Waals surface area (Å²) in [4.78, 5) is 0. The fourth-order valence-electron chi connectivity index (χ4n) is 1.84. The molecule has 1 aromatic rings. The molecule has 1 heterocycles. The van der Waals surface area contributed by atoms with Gasteiger partial charge in [-0.2, -0.15) is 0 Å². The largest absolute Gasteiger partial charge is 0.381 e. The van der Waals surface area contributed by atoms with Crippen molar-refractivity contribution >= 4 is 0 Å². The predicted octanol–water partition coefficient (Wildman–Crippen LogP) is 2.86. The minimum Gasteiger partial charge on any atom is -0.381 e. The van der Waals surface area contributed by atoms with Crippen molar-refractivity contribution in [1.29, 1.82) is 0 Å². The summed E-state index contributed by atoms with van der Waals surface area (Å²) in [6, 6.07) is 3.80. The van der Waals surface area contributed by atoms with Gasteiger partial charge in [-0.25, -0.2) is 8.78 Å². The molecule has 0 radical (unpaired) electrons. The van der Waals surface area contributed by atoms with Crippen LogP contribution in [-0.2, 0) is 4.74 Å². The Labute approximate surface area is 81.7 Å². The van der Waals surface area contributed by atoms with E-state index in [1.54, 1.807) is 6.07 Å². The Kier molecular flexibility index (Phi) is 2.77. The molecule has 0 N–H and O–H groups in total. The average Bonchev–Trinajstić information content (AvgIpc) is 2.19. The Morgan fingerprint density at radius 1 is 1.14 bits per heavy atom. The van der Waals surface area contributed by atoms with Gasteiger partial charge in [0.2, 0.25) is 0 Å². The van der Waals surface area contributed by atoms with E-state index in [0.717, 1.165) is 18.9 Å². The molecule has 1 aliphatic heterocycles. The van der Waals surface area contributed by atoms with Gasteiger partial charge in [-0.05, 0) is 30.4 Å². The summed E-state index contributed by atoms with van der Waals surface area (Å²) >= 11 is 0. The quantitative estimate of drug-likeness (QED) is 0.674. The van der Waals surface area contributed by atoms with Crippen molar-refractivity contribution in [2.24, 2.45) is 0 Å². The van der Waals surface area contributed by atoms with Gasteiger partial charge < -0.3 is 4.74 Å². The Morgan fingerprint density at radius 2 is 1.86 bits per heavy atom. The Morgan fingerprint density at radius 3 is 2.50 bits per heavy atom. The van der Waals surface area contributed by atoms with Crippen LogP contribution in [0.25, 0.3) is 0 Å². The van der Waals surface area contributed by atoms with Crippen molar-refractivity contribution in [1.82, 2.24) is 0 Å². The van der Waals surface area contributed by atoms with E-state index >= 15 is 0 Å². The highest BCUT2D eigenvalue weighted by molar-refractivity contribution is 5.22. The highest BCUT2D eigenvalue weighted by Gasteiger charge is 2.19. The predicted molar refractivity (Wildman–Crippen MR) is 49.2 cm³/mol. The summed E-state index contributed by atoms with van der Waals surface area (Å²) in [5, 5.41) is 0. The molecule has 1 nitrogen and oxygen atoms in total. The van der Waals surface area contributed by atoms with Crippen molar-refractivity contribution in [3.8, 4) is 0 Å². The molecule has 76 valence electrons. The fraction of sp³-hybridized carbons (Fsp3) is 0.455. The molecular formula is C11H12F2O. The first-order chi connectivity index (χ1) is 6.77. The fourth-order valence-corrected chi connectivity index (χ4v) is 1.84. The number of benzene rings is 1. The summed E-state index contributed by atoms with van der Waals surface area (Å²) in [5.74, 6) is -0.764. The van der Waals surface area contributed by atoms with Gasteiger partial charge in [-0.3, -0.25) is 0 Å². The molecule has 0 atom stereocenters. The van der Waals surface area contributed by atoms with Crippen molar-refractivity contribution in [3.63, 3.8) is 0 Å². The second-order valence-electron chi connectivity index (χ2n) is 3.55. The molecule has 0 aromatic heterocycles. The van der Waals surface area contributed by atoms with E-state index in [2.05, 4.69) is 0 Å². The molecule has 1 saturated heterocycles. The number of hydrogen-bond donors (Lipinski definition) is 0. The van der Waals surface area contributed by atoms with Crippen molar-refractivity contribution in [2.75, 3.05) is 13.2 Å². The summed E-state index contributed by atoms with van der Waals surface area (Å²) in [5.41, 5.74) is 0.620. The zero-order valence-electron chi connectivity index (χ0n) is 7.80. The van der Waals surface area contributed by atoms with E-state index < -0.39 is 11.6 Å². The zero-order valence-corrected chi connectivity index (χ0v) is 7.80. The molecule has 14 heavy (non-hydrogen) atoms. The molecule has 1 fully saturated rings. The van der Waals surface area contributed by atoms with E-state index in [4.69, 9.17) is 4.74 Å². The average molecular weight is 198 g/mol. The molecule has 0 aliphatic carbocycles. The second-order valence-corrected chi connectivity index (χ2v) is 3.55. The van der Waals surface area contributed by atoms with E-state index in [1.807, 2.05) is 0 Å². The Hall–Kier alpha value is -0.960. The minimum absolute atomic E-state index is 0.185. The number of rotatable bonds is 1. The smallest absolute Gasteiger partial charge is 0.129 e. The molecule has 0 saturated carbocycles. The van der Waals surface area contributed by atoms with Crippen LogP contribution < -0.4 is 0 Å². The van der Waals surface area contributed by atoms with Gasteiger partial charge >= 0.3 is 0 Å². The third-order valence-electron chi connectivity index (χ3n) is 2.62. The highest BCUT2D eigenvalue weighted by atomic mass is 19.1. The van der Waals surface area contributed by atoms with Crippen LogP contribution in [0.2, 0.25) is 0 Å². The summed E-state index contributed by atoms with van der Waals surface area (Å²) in [6.45, 7) is 1.34. The summed E-state index contributed by atoms with van der Waals surface area (Å²) in [7, 11) is 0. The second kappa shape index (κ2) is 4.05. The van der Waals surface area contributed by atoms with Gasteiger partial charge in [0.15, 0.2) is 0 Å². The van der Waals surface area contributed by atoms with Crippen molar-refractivity contribution in [3.05, 3.63) is 35.4 Å². The molecule has 1 aliphatic rings. The van der Waals surface area contributed by atoms with Crippen LogP contribution in [-0.4, -0.2) is 13.2 Å². The van der Waals surface area contributed by atoms with E-state index in [-0.39, 0.29) is 5.92 Å². The monoisotopic (exact) mass is 198 g/mol. The number of ether oxygens (including phenoxy) is 1. The molecule has 2 rings (SSSR count).